The lowest BCUT2D eigenvalue weighted by atomic mass is 10.0. The standard InChI is InChI=1S/C36H37N5O5.C8H14N2O3/c1-46-36(45)39-33(28-9-4-2-5-10-28)35(44)41-22-8-13-32(41)34(43)38-30-20-16-27(17-21-30)24-40(31-11-6-3-7-12-31)23-26-14-18-29(19-15-26)37-25-42;1-13-8(12)9-6-7(11)10-4-2-3-5-10/h2-7,9-12,14-21,25,32-33H,8,13,22-24H2,1H3,(H,37,42)(H,38,43)(H,39,45);2-6H2,1H3,(H,9,12)/t32-,33?;/m0./s1. The molecule has 310 valence electrons. The van der Waals surface area contributed by atoms with Crippen LogP contribution in [0.2, 0.25) is 0 Å². The average molecular weight is 806 g/mol. The highest BCUT2D eigenvalue weighted by atomic mass is 16.5. The minimum absolute atomic E-state index is 0.0344. The maximum absolute atomic E-state index is 13.7. The molecule has 2 saturated heterocycles. The summed E-state index contributed by atoms with van der Waals surface area (Å²) in [6, 6.07) is 32.8. The molecule has 6 amide bonds. The molecular weight excluding hydrogens is 755 g/mol. The number of rotatable bonds is 14. The number of hydrogen-bond donors (Lipinski definition) is 4. The SMILES string of the molecule is COC(=O)NC(C(=O)N1CCC[C@H]1C(=O)Nc1ccc(CN(Cc2ccc(NC=O)cc2)c2ccccc2)cc1)c1ccccc1.COC(=O)NCC(=O)N1CCCC1. The number of nitrogens with one attached hydrogen (secondary N) is 4. The summed E-state index contributed by atoms with van der Waals surface area (Å²) in [4.78, 5) is 77.4. The van der Waals surface area contributed by atoms with Gasteiger partial charge in [0.05, 0.1) is 14.2 Å². The van der Waals surface area contributed by atoms with Gasteiger partial charge in [-0.15, -0.1) is 0 Å². The Bertz CT molecular complexity index is 1990. The molecule has 4 aromatic carbocycles. The Balaban J connectivity index is 0.000000434. The first-order valence-corrected chi connectivity index (χ1v) is 19.5. The third-order valence-corrected chi connectivity index (χ3v) is 9.96. The molecule has 4 N–H and O–H groups in total. The molecule has 0 aliphatic carbocycles. The van der Waals surface area contributed by atoms with Crippen molar-refractivity contribution >= 4 is 53.4 Å². The van der Waals surface area contributed by atoms with Crippen LogP contribution in [0.5, 0.6) is 0 Å². The van der Waals surface area contributed by atoms with Crippen molar-refractivity contribution in [2.45, 2.75) is 50.9 Å². The fourth-order valence-electron chi connectivity index (χ4n) is 6.89. The molecule has 0 radical (unpaired) electrons. The van der Waals surface area contributed by atoms with E-state index in [1.807, 2.05) is 72.8 Å². The molecule has 2 atom stereocenters. The van der Waals surface area contributed by atoms with E-state index in [4.69, 9.17) is 4.74 Å². The van der Waals surface area contributed by atoms with Crippen molar-refractivity contribution in [2.75, 3.05) is 55.9 Å². The van der Waals surface area contributed by atoms with E-state index >= 15 is 0 Å². The van der Waals surface area contributed by atoms with E-state index < -0.39 is 24.3 Å². The van der Waals surface area contributed by atoms with Gasteiger partial charge in [-0.25, -0.2) is 9.59 Å². The molecule has 4 aromatic rings. The summed E-state index contributed by atoms with van der Waals surface area (Å²) >= 11 is 0. The fourth-order valence-corrected chi connectivity index (χ4v) is 6.89. The highest BCUT2D eigenvalue weighted by Gasteiger charge is 2.38. The largest absolute Gasteiger partial charge is 0.453 e. The van der Waals surface area contributed by atoms with Crippen molar-refractivity contribution < 1.29 is 38.2 Å². The molecule has 15 nitrogen and oxygen atoms in total. The van der Waals surface area contributed by atoms with Crippen molar-refractivity contribution in [3.05, 3.63) is 126 Å². The van der Waals surface area contributed by atoms with Crippen molar-refractivity contribution in [1.82, 2.24) is 20.4 Å². The van der Waals surface area contributed by atoms with Crippen molar-refractivity contribution in [2.24, 2.45) is 0 Å². The number of hydrogen-bond acceptors (Lipinski definition) is 9. The van der Waals surface area contributed by atoms with Gasteiger partial charge in [-0.1, -0.05) is 72.8 Å². The first-order chi connectivity index (χ1) is 28.7. The molecule has 59 heavy (non-hydrogen) atoms. The summed E-state index contributed by atoms with van der Waals surface area (Å²) in [6.07, 6.45) is 2.69. The number of para-hydroxylation sites is 1. The van der Waals surface area contributed by atoms with Crippen molar-refractivity contribution in [1.29, 1.82) is 0 Å². The van der Waals surface area contributed by atoms with Crippen LogP contribution in [0.1, 0.15) is 48.4 Å². The zero-order valence-corrected chi connectivity index (χ0v) is 33.3. The highest BCUT2D eigenvalue weighted by Crippen LogP contribution is 2.26. The second kappa shape index (κ2) is 22.1. The van der Waals surface area contributed by atoms with Crippen LogP contribution in [0.4, 0.5) is 26.7 Å². The summed E-state index contributed by atoms with van der Waals surface area (Å²) in [7, 11) is 2.52. The van der Waals surface area contributed by atoms with E-state index in [9.17, 15) is 28.8 Å². The molecule has 0 spiro atoms. The number of carbonyl (C=O) groups excluding carboxylic acids is 6. The predicted molar refractivity (Wildman–Crippen MR) is 223 cm³/mol. The number of methoxy groups -OCH3 is 2. The minimum Gasteiger partial charge on any atom is -0.453 e. The van der Waals surface area contributed by atoms with Crippen LogP contribution in [0.25, 0.3) is 0 Å². The summed E-state index contributed by atoms with van der Waals surface area (Å²) in [5, 5.41) is 10.6. The first kappa shape index (κ1) is 43.2. The lowest BCUT2D eigenvalue weighted by Gasteiger charge is -2.28. The minimum atomic E-state index is -0.972. The van der Waals surface area contributed by atoms with Gasteiger partial charge in [0.15, 0.2) is 0 Å². The van der Waals surface area contributed by atoms with Crippen LogP contribution >= 0.6 is 0 Å². The van der Waals surface area contributed by atoms with Crippen molar-refractivity contribution in [3.8, 4) is 0 Å². The third-order valence-electron chi connectivity index (χ3n) is 9.96. The molecule has 2 fully saturated rings. The van der Waals surface area contributed by atoms with Crippen LogP contribution in [0, 0.1) is 0 Å². The Morgan fingerprint density at radius 2 is 1.31 bits per heavy atom. The second-order valence-electron chi connectivity index (χ2n) is 13.9. The van der Waals surface area contributed by atoms with Gasteiger partial charge < -0.3 is 45.4 Å². The predicted octanol–water partition coefficient (Wildman–Crippen LogP) is 5.45. The Labute approximate surface area is 344 Å². The molecule has 2 heterocycles. The quantitative estimate of drug-likeness (QED) is 0.121. The molecule has 1 unspecified atom stereocenters. The first-order valence-electron chi connectivity index (χ1n) is 19.5. The third kappa shape index (κ3) is 12.8. The molecule has 2 aliphatic rings. The topological polar surface area (TPSA) is 179 Å². The second-order valence-corrected chi connectivity index (χ2v) is 13.9. The number of likely N-dealkylation sites (tertiary alicyclic amines) is 2. The number of nitrogens with zero attached hydrogens (tertiary/aromatic N) is 3. The van der Waals surface area contributed by atoms with Crippen LogP contribution in [0.3, 0.4) is 0 Å². The zero-order valence-electron chi connectivity index (χ0n) is 33.3. The van der Waals surface area contributed by atoms with Gasteiger partial charge in [0.25, 0.3) is 5.91 Å². The molecular formula is C44H51N7O8. The van der Waals surface area contributed by atoms with E-state index in [-0.39, 0.29) is 24.3 Å². The van der Waals surface area contributed by atoms with E-state index in [1.165, 1.54) is 19.1 Å². The zero-order chi connectivity index (χ0) is 42.0. The number of anilines is 3. The van der Waals surface area contributed by atoms with Gasteiger partial charge in [0.2, 0.25) is 18.2 Å². The average Bonchev–Trinajstić information content (AvgIpc) is 4.01. The summed E-state index contributed by atoms with van der Waals surface area (Å²) < 4.78 is 9.10. The molecule has 6 rings (SSSR count). The van der Waals surface area contributed by atoms with Crippen LogP contribution in [0.15, 0.2) is 109 Å². The van der Waals surface area contributed by atoms with Crippen molar-refractivity contribution in [3.63, 3.8) is 0 Å². The Morgan fingerprint density at radius 3 is 1.88 bits per heavy atom. The van der Waals surface area contributed by atoms with Gasteiger partial charge in [0, 0.05) is 49.8 Å². The van der Waals surface area contributed by atoms with Gasteiger partial charge in [-0.2, -0.15) is 0 Å². The molecule has 2 aliphatic heterocycles. The van der Waals surface area contributed by atoms with Gasteiger partial charge >= 0.3 is 12.2 Å². The Kier molecular flexibility index (Phi) is 16.2. The lowest BCUT2D eigenvalue weighted by Crippen LogP contribution is -2.48. The van der Waals surface area contributed by atoms with Gasteiger partial charge in [0.1, 0.15) is 18.6 Å². The maximum Gasteiger partial charge on any atom is 0.407 e. The Morgan fingerprint density at radius 1 is 0.729 bits per heavy atom. The normalized spacial score (nSPS) is 14.8. The highest BCUT2D eigenvalue weighted by molar-refractivity contribution is 5.99. The van der Waals surface area contributed by atoms with Gasteiger partial charge in [-0.05, 0) is 78.8 Å². The number of alkyl carbamates (subject to hydrolysis) is 2. The van der Waals surface area contributed by atoms with E-state index in [2.05, 4.69) is 43.0 Å². The van der Waals surface area contributed by atoms with Gasteiger partial charge in [-0.3, -0.25) is 19.2 Å². The lowest BCUT2D eigenvalue weighted by molar-refractivity contribution is -0.138. The van der Waals surface area contributed by atoms with Crippen LogP contribution in [-0.4, -0.2) is 92.6 Å². The van der Waals surface area contributed by atoms with E-state index in [0.29, 0.717) is 50.1 Å². The summed E-state index contributed by atoms with van der Waals surface area (Å²) in [5.41, 5.74) is 5.19. The maximum atomic E-state index is 13.7. The molecule has 0 bridgehead atoms. The number of benzene rings is 4. The number of amides is 6. The monoisotopic (exact) mass is 805 g/mol. The van der Waals surface area contributed by atoms with E-state index in [0.717, 1.165) is 48.4 Å². The van der Waals surface area contributed by atoms with Crippen LogP contribution < -0.4 is 26.2 Å². The van der Waals surface area contributed by atoms with E-state index in [1.54, 1.807) is 29.2 Å². The Hall–Kier alpha value is -6.90. The van der Waals surface area contributed by atoms with Crippen LogP contribution in [-0.2, 0) is 41.7 Å². The molecule has 0 saturated carbocycles. The summed E-state index contributed by atoms with van der Waals surface area (Å²) in [6.45, 7) is 3.35. The fraction of sp³-hybridized carbons (Fsp3) is 0.318. The molecule has 15 heteroatoms. The summed E-state index contributed by atoms with van der Waals surface area (Å²) in [5.74, 6) is -0.676. The molecule has 0 aromatic heterocycles. The number of carbonyl (C=O) groups is 6. The smallest absolute Gasteiger partial charge is 0.407 e. The number of ether oxygens (including phenoxy) is 2.